The smallest absolute Gasteiger partial charge is 0.341 e. The second kappa shape index (κ2) is 5.09. The standard InChI is InChI=1S/C16H12ClNO6S/c17-11-4-9-13(5-12(11)19)25(23,24)6-7-3-10(16(21)22)15(20)18(14(7)9)8-1-2-8/h3-5,8,19H,1-2,6H2,(H,21,22). The Bertz CT molecular complexity index is 1110. The topological polar surface area (TPSA) is 114 Å². The summed E-state index contributed by atoms with van der Waals surface area (Å²) in [6.07, 6.45) is 1.42. The largest absolute Gasteiger partial charge is 0.506 e. The molecule has 0 unspecified atom stereocenters. The van der Waals surface area contributed by atoms with Crippen molar-refractivity contribution in [3.8, 4) is 17.0 Å². The number of carboxylic acid groups (broad SMARTS) is 1. The van der Waals surface area contributed by atoms with E-state index in [4.69, 9.17) is 11.6 Å². The number of phenolic OH excluding ortho intramolecular Hbond substituents is 1. The van der Waals surface area contributed by atoms with Crippen LogP contribution in [0.3, 0.4) is 0 Å². The van der Waals surface area contributed by atoms with Crippen molar-refractivity contribution in [2.45, 2.75) is 29.5 Å². The van der Waals surface area contributed by atoms with Gasteiger partial charge in [0.2, 0.25) is 0 Å². The van der Waals surface area contributed by atoms with E-state index < -0.39 is 32.7 Å². The Hall–Kier alpha value is -2.32. The number of benzene rings is 1. The molecule has 1 aliphatic carbocycles. The number of aromatic hydroxyl groups is 1. The van der Waals surface area contributed by atoms with Crippen LogP contribution >= 0.6 is 11.6 Å². The highest BCUT2D eigenvalue weighted by Crippen LogP contribution is 2.45. The van der Waals surface area contributed by atoms with E-state index in [1.165, 1.54) is 10.6 Å². The number of phenols is 1. The van der Waals surface area contributed by atoms with Gasteiger partial charge in [-0.25, -0.2) is 13.2 Å². The van der Waals surface area contributed by atoms with E-state index in [0.29, 0.717) is 18.5 Å². The SMILES string of the molecule is O=C(O)c1cc2c(n(C3CC3)c1=O)-c1cc(Cl)c(O)cc1S(=O)(=O)C2. The van der Waals surface area contributed by atoms with Gasteiger partial charge in [0.25, 0.3) is 5.56 Å². The number of hydrogen-bond donors (Lipinski definition) is 2. The molecule has 0 radical (unpaired) electrons. The van der Waals surface area contributed by atoms with Crippen molar-refractivity contribution in [1.29, 1.82) is 0 Å². The Kier molecular flexibility index (Phi) is 3.29. The third-order valence-electron chi connectivity index (χ3n) is 4.44. The summed E-state index contributed by atoms with van der Waals surface area (Å²) in [6, 6.07) is 3.34. The molecule has 0 amide bonds. The van der Waals surface area contributed by atoms with E-state index in [9.17, 15) is 28.2 Å². The van der Waals surface area contributed by atoms with Crippen LogP contribution in [0.5, 0.6) is 5.75 Å². The first kappa shape index (κ1) is 16.2. The van der Waals surface area contributed by atoms with Crippen molar-refractivity contribution in [2.75, 3.05) is 0 Å². The molecule has 2 N–H and O–H groups in total. The maximum absolute atomic E-state index is 12.6. The highest BCUT2D eigenvalue weighted by Gasteiger charge is 2.37. The minimum Gasteiger partial charge on any atom is -0.506 e. The van der Waals surface area contributed by atoms with Crippen LogP contribution in [0.1, 0.15) is 34.8 Å². The zero-order valence-electron chi connectivity index (χ0n) is 12.7. The van der Waals surface area contributed by atoms with Gasteiger partial charge < -0.3 is 14.8 Å². The van der Waals surface area contributed by atoms with Gasteiger partial charge >= 0.3 is 5.97 Å². The summed E-state index contributed by atoms with van der Waals surface area (Å²) in [7, 11) is -3.80. The van der Waals surface area contributed by atoms with Crippen molar-refractivity contribution in [3.05, 3.63) is 44.7 Å². The molecule has 7 nitrogen and oxygen atoms in total. The molecular weight excluding hydrogens is 370 g/mol. The van der Waals surface area contributed by atoms with E-state index >= 15 is 0 Å². The van der Waals surface area contributed by atoms with Crippen molar-refractivity contribution < 1.29 is 23.4 Å². The number of fused-ring (bicyclic) bond motifs is 3. The fraction of sp³-hybridized carbons (Fsp3) is 0.250. The molecule has 25 heavy (non-hydrogen) atoms. The summed E-state index contributed by atoms with van der Waals surface area (Å²) in [5.41, 5.74) is -0.287. The summed E-state index contributed by atoms with van der Waals surface area (Å²) in [4.78, 5) is 23.9. The van der Waals surface area contributed by atoms with Gasteiger partial charge in [0.1, 0.15) is 11.3 Å². The number of pyridine rings is 1. The van der Waals surface area contributed by atoms with Crippen molar-refractivity contribution >= 4 is 27.4 Å². The van der Waals surface area contributed by atoms with Crippen LogP contribution in [0.2, 0.25) is 5.02 Å². The lowest BCUT2D eigenvalue weighted by molar-refractivity contribution is 0.0694. The van der Waals surface area contributed by atoms with Crippen molar-refractivity contribution in [3.63, 3.8) is 0 Å². The second-order valence-corrected chi connectivity index (χ2v) is 8.57. The predicted octanol–water partition coefficient (Wildman–Crippen LogP) is 2.19. The number of hydrogen-bond acceptors (Lipinski definition) is 5. The highest BCUT2D eigenvalue weighted by molar-refractivity contribution is 7.90. The van der Waals surface area contributed by atoms with Gasteiger partial charge in [0.15, 0.2) is 9.84 Å². The highest BCUT2D eigenvalue weighted by atomic mass is 35.5. The van der Waals surface area contributed by atoms with Crippen LogP contribution in [-0.2, 0) is 15.6 Å². The number of aromatic carboxylic acids is 1. The van der Waals surface area contributed by atoms with Crippen LogP contribution in [0.25, 0.3) is 11.3 Å². The summed E-state index contributed by atoms with van der Waals surface area (Å²) in [6.45, 7) is 0. The van der Waals surface area contributed by atoms with Gasteiger partial charge in [-0.1, -0.05) is 11.6 Å². The first-order chi connectivity index (χ1) is 11.7. The maximum atomic E-state index is 12.6. The average Bonchev–Trinajstić information content (AvgIpc) is 3.33. The van der Waals surface area contributed by atoms with Crippen molar-refractivity contribution in [2.24, 2.45) is 0 Å². The second-order valence-electron chi connectivity index (χ2n) is 6.20. The molecule has 1 aliphatic heterocycles. The van der Waals surface area contributed by atoms with E-state index in [-0.39, 0.29) is 32.8 Å². The zero-order valence-corrected chi connectivity index (χ0v) is 14.3. The number of halogens is 1. The number of carboxylic acids is 1. The normalized spacial score (nSPS) is 17.6. The number of carbonyl (C=O) groups is 1. The fourth-order valence-corrected chi connectivity index (χ4v) is 4.94. The van der Waals surface area contributed by atoms with Crippen LogP contribution in [0.15, 0.2) is 27.9 Å². The van der Waals surface area contributed by atoms with E-state index in [1.807, 2.05) is 0 Å². The van der Waals surface area contributed by atoms with Gasteiger partial charge in [0, 0.05) is 17.7 Å². The van der Waals surface area contributed by atoms with E-state index in [1.54, 1.807) is 0 Å². The molecule has 2 heterocycles. The predicted molar refractivity (Wildman–Crippen MR) is 88.9 cm³/mol. The van der Waals surface area contributed by atoms with Gasteiger partial charge in [-0.3, -0.25) is 4.79 Å². The maximum Gasteiger partial charge on any atom is 0.341 e. The number of sulfone groups is 1. The van der Waals surface area contributed by atoms with Crippen LogP contribution < -0.4 is 5.56 Å². The lowest BCUT2D eigenvalue weighted by Crippen LogP contribution is -2.30. The molecule has 0 bridgehead atoms. The van der Waals surface area contributed by atoms with Crippen LogP contribution in [0, 0.1) is 0 Å². The Morgan fingerprint density at radius 2 is 1.92 bits per heavy atom. The molecule has 1 aromatic heterocycles. The average molecular weight is 382 g/mol. The Labute approximate surface area is 147 Å². The summed E-state index contributed by atoms with van der Waals surface area (Å²) in [5.74, 6) is -2.20. The molecule has 1 saturated carbocycles. The van der Waals surface area contributed by atoms with E-state index in [2.05, 4.69) is 0 Å². The van der Waals surface area contributed by atoms with Crippen molar-refractivity contribution in [1.82, 2.24) is 4.57 Å². The molecule has 1 fully saturated rings. The number of aromatic nitrogens is 1. The Morgan fingerprint density at radius 1 is 1.24 bits per heavy atom. The first-order valence-electron chi connectivity index (χ1n) is 7.48. The molecule has 2 aromatic rings. The lowest BCUT2D eigenvalue weighted by atomic mass is 10.0. The minimum absolute atomic E-state index is 0.0427. The number of nitrogens with zero attached hydrogens (tertiary/aromatic N) is 1. The molecule has 2 aliphatic rings. The van der Waals surface area contributed by atoms with E-state index in [0.717, 1.165) is 12.1 Å². The molecule has 0 spiro atoms. The summed E-state index contributed by atoms with van der Waals surface area (Å²) >= 11 is 5.95. The van der Waals surface area contributed by atoms with Crippen LogP contribution in [-0.4, -0.2) is 29.2 Å². The van der Waals surface area contributed by atoms with Gasteiger partial charge in [-0.05, 0) is 30.5 Å². The molecular formula is C16H12ClNO6S. The fourth-order valence-electron chi connectivity index (χ4n) is 3.20. The van der Waals surface area contributed by atoms with Gasteiger partial charge in [0.05, 0.1) is 21.4 Å². The zero-order chi connectivity index (χ0) is 18.1. The molecule has 4 rings (SSSR count). The molecule has 130 valence electrons. The van der Waals surface area contributed by atoms with Crippen LogP contribution in [0.4, 0.5) is 0 Å². The Balaban J connectivity index is 2.16. The van der Waals surface area contributed by atoms with Gasteiger partial charge in [-0.2, -0.15) is 0 Å². The third kappa shape index (κ3) is 2.36. The molecule has 9 heteroatoms. The third-order valence-corrected chi connectivity index (χ3v) is 6.44. The summed E-state index contributed by atoms with van der Waals surface area (Å²) in [5, 5.41) is 19.0. The lowest BCUT2D eigenvalue weighted by Gasteiger charge is -2.25. The quantitative estimate of drug-likeness (QED) is 0.824. The number of rotatable bonds is 2. The molecule has 0 saturated heterocycles. The first-order valence-corrected chi connectivity index (χ1v) is 9.51. The minimum atomic E-state index is -3.80. The van der Waals surface area contributed by atoms with Gasteiger partial charge in [-0.15, -0.1) is 0 Å². The Morgan fingerprint density at radius 3 is 2.52 bits per heavy atom. The summed E-state index contributed by atoms with van der Waals surface area (Å²) < 4.78 is 26.5. The molecule has 1 aromatic carbocycles. The monoisotopic (exact) mass is 381 g/mol. The molecule has 0 atom stereocenters.